The van der Waals surface area contributed by atoms with Gasteiger partial charge in [-0.1, -0.05) is 13.3 Å². The van der Waals surface area contributed by atoms with Crippen LogP contribution in [0.3, 0.4) is 0 Å². The van der Waals surface area contributed by atoms with Crippen LogP contribution in [-0.2, 0) is 14.3 Å². The first-order valence-corrected chi connectivity index (χ1v) is 8.25. The molecule has 1 amide bonds. The standard InChI is InChI=1S/C17H27NO5/c1-3-5-12-21-13-7-10-18(11-9-16(19)22-4-2)17(20)15-8-6-14-23-15/h6,8,14H,3-5,7,9-13H2,1-2H3. The summed E-state index contributed by atoms with van der Waals surface area (Å²) in [6, 6.07) is 3.29. The summed E-state index contributed by atoms with van der Waals surface area (Å²) in [5, 5.41) is 0. The molecule has 1 rings (SSSR count). The molecule has 1 aromatic rings. The van der Waals surface area contributed by atoms with Crippen molar-refractivity contribution in [3.05, 3.63) is 24.2 Å². The highest BCUT2D eigenvalue weighted by Gasteiger charge is 2.19. The molecule has 6 nitrogen and oxygen atoms in total. The zero-order chi connectivity index (χ0) is 16.9. The van der Waals surface area contributed by atoms with Crippen LogP contribution in [0.4, 0.5) is 0 Å². The van der Waals surface area contributed by atoms with Crippen LogP contribution in [-0.4, -0.2) is 49.7 Å². The summed E-state index contributed by atoms with van der Waals surface area (Å²) in [6.07, 6.45) is 4.50. The SMILES string of the molecule is CCCCOCCCN(CCC(=O)OCC)C(=O)c1ccco1. The largest absolute Gasteiger partial charge is 0.466 e. The number of ether oxygens (including phenoxy) is 2. The van der Waals surface area contributed by atoms with Gasteiger partial charge >= 0.3 is 5.97 Å². The first-order valence-electron chi connectivity index (χ1n) is 8.25. The normalized spacial score (nSPS) is 10.5. The summed E-state index contributed by atoms with van der Waals surface area (Å²) < 4.78 is 15.6. The lowest BCUT2D eigenvalue weighted by atomic mass is 10.3. The minimum absolute atomic E-state index is 0.178. The molecule has 130 valence electrons. The molecular weight excluding hydrogens is 298 g/mol. The summed E-state index contributed by atoms with van der Waals surface area (Å²) in [4.78, 5) is 25.5. The third kappa shape index (κ3) is 7.83. The van der Waals surface area contributed by atoms with E-state index in [0.29, 0.717) is 26.3 Å². The van der Waals surface area contributed by atoms with Crippen LogP contribution in [0.25, 0.3) is 0 Å². The number of furan rings is 1. The second kappa shape index (κ2) is 11.7. The highest BCUT2D eigenvalue weighted by Crippen LogP contribution is 2.08. The van der Waals surface area contributed by atoms with E-state index in [0.717, 1.165) is 25.9 Å². The second-order valence-corrected chi connectivity index (χ2v) is 5.14. The van der Waals surface area contributed by atoms with Crippen molar-refractivity contribution in [3.63, 3.8) is 0 Å². The third-order valence-electron chi connectivity index (χ3n) is 3.27. The van der Waals surface area contributed by atoms with Gasteiger partial charge in [-0.2, -0.15) is 0 Å². The molecule has 6 heteroatoms. The van der Waals surface area contributed by atoms with Crippen molar-refractivity contribution in [3.8, 4) is 0 Å². The van der Waals surface area contributed by atoms with Crippen LogP contribution >= 0.6 is 0 Å². The van der Waals surface area contributed by atoms with Gasteiger partial charge in [-0.15, -0.1) is 0 Å². The van der Waals surface area contributed by atoms with Crippen molar-refractivity contribution in [2.45, 2.75) is 39.5 Å². The van der Waals surface area contributed by atoms with Crippen LogP contribution < -0.4 is 0 Å². The number of esters is 1. The van der Waals surface area contributed by atoms with Gasteiger partial charge in [-0.05, 0) is 31.9 Å². The molecule has 0 atom stereocenters. The Hall–Kier alpha value is -1.82. The van der Waals surface area contributed by atoms with Crippen molar-refractivity contribution < 1.29 is 23.5 Å². The maximum atomic E-state index is 12.4. The molecule has 0 unspecified atom stereocenters. The van der Waals surface area contributed by atoms with Crippen molar-refractivity contribution in [2.24, 2.45) is 0 Å². The van der Waals surface area contributed by atoms with E-state index in [1.165, 1.54) is 6.26 Å². The highest BCUT2D eigenvalue weighted by atomic mass is 16.5. The number of hydrogen-bond acceptors (Lipinski definition) is 5. The van der Waals surface area contributed by atoms with E-state index < -0.39 is 0 Å². The van der Waals surface area contributed by atoms with Gasteiger partial charge in [-0.3, -0.25) is 9.59 Å². The molecule has 0 saturated carbocycles. The molecule has 1 aromatic heterocycles. The van der Waals surface area contributed by atoms with E-state index in [-0.39, 0.29) is 24.1 Å². The predicted molar refractivity (Wildman–Crippen MR) is 86.2 cm³/mol. The van der Waals surface area contributed by atoms with Crippen LogP contribution in [0, 0.1) is 0 Å². The summed E-state index contributed by atoms with van der Waals surface area (Å²) >= 11 is 0. The van der Waals surface area contributed by atoms with E-state index in [1.54, 1.807) is 24.0 Å². The Morgan fingerprint density at radius 3 is 2.61 bits per heavy atom. The van der Waals surface area contributed by atoms with Gasteiger partial charge in [0.1, 0.15) is 0 Å². The molecule has 0 aliphatic heterocycles. The zero-order valence-electron chi connectivity index (χ0n) is 14.1. The molecule has 1 heterocycles. The molecule has 0 saturated heterocycles. The van der Waals surface area contributed by atoms with Gasteiger partial charge < -0.3 is 18.8 Å². The van der Waals surface area contributed by atoms with Crippen molar-refractivity contribution >= 4 is 11.9 Å². The Morgan fingerprint density at radius 1 is 1.17 bits per heavy atom. The van der Waals surface area contributed by atoms with Gasteiger partial charge in [0, 0.05) is 26.3 Å². The summed E-state index contributed by atoms with van der Waals surface area (Å²) in [5.41, 5.74) is 0. The second-order valence-electron chi connectivity index (χ2n) is 5.14. The molecule has 0 bridgehead atoms. The topological polar surface area (TPSA) is 69.0 Å². The van der Waals surface area contributed by atoms with Crippen LogP contribution in [0.5, 0.6) is 0 Å². The highest BCUT2D eigenvalue weighted by molar-refractivity contribution is 5.91. The molecule has 0 fully saturated rings. The van der Waals surface area contributed by atoms with Crippen LogP contribution in [0.15, 0.2) is 22.8 Å². The lowest BCUT2D eigenvalue weighted by molar-refractivity contribution is -0.143. The fourth-order valence-electron chi connectivity index (χ4n) is 2.04. The van der Waals surface area contributed by atoms with Crippen LogP contribution in [0.2, 0.25) is 0 Å². The minimum Gasteiger partial charge on any atom is -0.466 e. The quantitative estimate of drug-likeness (QED) is 0.436. The summed E-state index contributed by atoms with van der Waals surface area (Å²) in [6.45, 7) is 6.39. The molecule has 0 spiro atoms. The molecule has 0 aliphatic rings. The molecule has 0 N–H and O–H groups in total. The Bertz CT molecular complexity index is 444. The average Bonchev–Trinajstić information content (AvgIpc) is 3.07. The van der Waals surface area contributed by atoms with Gasteiger partial charge in [-0.25, -0.2) is 0 Å². The first-order chi connectivity index (χ1) is 11.2. The van der Waals surface area contributed by atoms with Crippen molar-refractivity contribution in [2.75, 3.05) is 32.9 Å². The minimum atomic E-state index is -0.302. The fraction of sp³-hybridized carbons (Fsp3) is 0.647. The lowest BCUT2D eigenvalue weighted by Crippen LogP contribution is -2.34. The Labute approximate surface area is 137 Å². The smallest absolute Gasteiger partial charge is 0.307 e. The van der Waals surface area contributed by atoms with E-state index in [1.807, 2.05) is 0 Å². The molecule has 23 heavy (non-hydrogen) atoms. The van der Waals surface area contributed by atoms with Crippen molar-refractivity contribution in [1.82, 2.24) is 4.90 Å². The zero-order valence-corrected chi connectivity index (χ0v) is 14.1. The number of hydrogen-bond donors (Lipinski definition) is 0. The van der Waals surface area contributed by atoms with Crippen LogP contribution in [0.1, 0.15) is 50.1 Å². The molecular formula is C17H27NO5. The number of amides is 1. The molecule has 0 aliphatic carbocycles. The number of carbonyl (C=O) groups excluding carboxylic acids is 2. The molecule has 0 radical (unpaired) electrons. The number of unbranched alkanes of at least 4 members (excludes halogenated alkanes) is 1. The Kier molecular flexibility index (Phi) is 9.79. The van der Waals surface area contributed by atoms with Gasteiger partial charge in [0.25, 0.3) is 5.91 Å². The van der Waals surface area contributed by atoms with Gasteiger partial charge in [0.15, 0.2) is 5.76 Å². The van der Waals surface area contributed by atoms with E-state index in [9.17, 15) is 9.59 Å². The maximum Gasteiger partial charge on any atom is 0.307 e. The van der Waals surface area contributed by atoms with E-state index >= 15 is 0 Å². The van der Waals surface area contributed by atoms with E-state index in [4.69, 9.17) is 13.9 Å². The monoisotopic (exact) mass is 325 g/mol. The third-order valence-corrected chi connectivity index (χ3v) is 3.27. The Balaban J connectivity index is 2.44. The average molecular weight is 325 g/mol. The lowest BCUT2D eigenvalue weighted by Gasteiger charge is -2.21. The maximum absolute atomic E-state index is 12.4. The predicted octanol–water partition coefficient (Wildman–Crippen LogP) is 2.88. The summed E-state index contributed by atoms with van der Waals surface area (Å²) in [5.74, 6) is -0.238. The first kappa shape index (κ1) is 19.2. The number of carbonyl (C=O) groups is 2. The van der Waals surface area contributed by atoms with Gasteiger partial charge in [0.05, 0.1) is 19.3 Å². The Morgan fingerprint density at radius 2 is 1.96 bits per heavy atom. The molecule has 0 aromatic carbocycles. The van der Waals surface area contributed by atoms with E-state index in [2.05, 4.69) is 6.92 Å². The van der Waals surface area contributed by atoms with Crippen molar-refractivity contribution in [1.29, 1.82) is 0 Å². The number of nitrogens with zero attached hydrogens (tertiary/aromatic N) is 1. The fourth-order valence-corrected chi connectivity index (χ4v) is 2.04. The van der Waals surface area contributed by atoms with Gasteiger partial charge in [0.2, 0.25) is 0 Å². The number of rotatable bonds is 12. The summed E-state index contributed by atoms with van der Waals surface area (Å²) in [7, 11) is 0.